The third kappa shape index (κ3) is 5.12. The van der Waals surface area contributed by atoms with Gasteiger partial charge in [0.25, 0.3) is 0 Å². The van der Waals surface area contributed by atoms with Gasteiger partial charge in [-0.15, -0.1) is 0 Å². The number of carbonyl (C=O) groups excluding carboxylic acids is 1. The van der Waals surface area contributed by atoms with Crippen LogP contribution in [0.25, 0.3) is 0 Å². The summed E-state index contributed by atoms with van der Waals surface area (Å²) < 4.78 is 12.6. The van der Waals surface area contributed by atoms with Crippen LogP contribution >= 0.6 is 0 Å². The molecule has 2 aromatic rings. The largest absolute Gasteiger partial charge is 0.497 e. The Morgan fingerprint density at radius 2 is 2.03 bits per heavy atom. The van der Waals surface area contributed by atoms with Crippen molar-refractivity contribution in [2.24, 2.45) is 13.0 Å². The zero-order valence-electron chi connectivity index (χ0n) is 18.2. The number of benzene rings is 1. The van der Waals surface area contributed by atoms with Crippen molar-refractivity contribution in [3.63, 3.8) is 0 Å². The van der Waals surface area contributed by atoms with Crippen molar-refractivity contribution in [2.75, 3.05) is 33.9 Å². The van der Waals surface area contributed by atoms with Crippen LogP contribution in [0, 0.1) is 5.92 Å². The molecule has 2 heterocycles. The standard InChI is InChI=1S/C22H32N4O4/c1-15(18-13-17(29-3)5-6-19(18)30-4)24-20(27)14-26-10-7-16(8-11-26)21(28)22-23-9-12-25(22)2/h5-6,9,12-13,15-16,21,28H,7-8,10-11,14H2,1-4H3,(H,24,27)/t15-,21-/m0/s1. The van der Waals surface area contributed by atoms with Crippen LogP contribution in [0.2, 0.25) is 0 Å². The lowest BCUT2D eigenvalue weighted by atomic mass is 9.90. The number of amides is 1. The van der Waals surface area contributed by atoms with Gasteiger partial charge < -0.3 is 24.5 Å². The smallest absolute Gasteiger partial charge is 0.234 e. The number of aryl methyl sites for hydroxylation is 1. The summed E-state index contributed by atoms with van der Waals surface area (Å²) in [5.74, 6) is 2.26. The molecule has 0 unspecified atom stereocenters. The molecule has 8 heteroatoms. The van der Waals surface area contributed by atoms with Gasteiger partial charge >= 0.3 is 0 Å². The molecule has 0 spiro atoms. The van der Waals surface area contributed by atoms with Gasteiger partial charge in [-0.1, -0.05) is 0 Å². The number of hydrogen-bond donors (Lipinski definition) is 2. The Balaban J connectivity index is 1.51. The summed E-state index contributed by atoms with van der Waals surface area (Å²) in [6, 6.07) is 5.36. The van der Waals surface area contributed by atoms with Crippen molar-refractivity contribution < 1.29 is 19.4 Å². The Kier molecular flexibility index (Phi) is 7.33. The Hall–Kier alpha value is -2.58. The van der Waals surface area contributed by atoms with E-state index in [-0.39, 0.29) is 17.9 Å². The molecule has 1 aromatic heterocycles. The van der Waals surface area contributed by atoms with Crippen LogP contribution in [0.5, 0.6) is 11.5 Å². The molecule has 1 aliphatic heterocycles. The lowest BCUT2D eigenvalue weighted by Gasteiger charge is -2.33. The van der Waals surface area contributed by atoms with E-state index in [4.69, 9.17) is 9.47 Å². The summed E-state index contributed by atoms with van der Waals surface area (Å²) in [5.41, 5.74) is 0.877. The summed E-state index contributed by atoms with van der Waals surface area (Å²) in [6.45, 7) is 3.82. The number of nitrogens with zero attached hydrogens (tertiary/aromatic N) is 3. The Morgan fingerprint density at radius 1 is 1.30 bits per heavy atom. The zero-order chi connectivity index (χ0) is 21.7. The van der Waals surface area contributed by atoms with Crippen molar-refractivity contribution in [3.8, 4) is 11.5 Å². The summed E-state index contributed by atoms with van der Waals surface area (Å²) in [7, 11) is 5.12. The van der Waals surface area contributed by atoms with Gasteiger partial charge in [0.2, 0.25) is 5.91 Å². The molecular weight excluding hydrogens is 384 g/mol. The van der Waals surface area contributed by atoms with Gasteiger partial charge in [-0.25, -0.2) is 4.98 Å². The van der Waals surface area contributed by atoms with E-state index in [2.05, 4.69) is 15.2 Å². The molecule has 1 aliphatic rings. The number of nitrogens with one attached hydrogen (secondary N) is 1. The van der Waals surface area contributed by atoms with E-state index < -0.39 is 6.10 Å². The molecule has 0 saturated carbocycles. The van der Waals surface area contributed by atoms with Crippen molar-refractivity contribution in [1.29, 1.82) is 0 Å². The second kappa shape index (κ2) is 9.95. The first kappa shape index (κ1) is 22.1. The second-order valence-corrected chi connectivity index (χ2v) is 7.85. The van der Waals surface area contributed by atoms with Gasteiger partial charge in [0.15, 0.2) is 0 Å². The van der Waals surface area contributed by atoms with Gasteiger partial charge in [0.05, 0.1) is 26.8 Å². The van der Waals surface area contributed by atoms with Crippen molar-refractivity contribution in [1.82, 2.24) is 19.8 Å². The number of aliphatic hydroxyl groups is 1. The molecular formula is C22H32N4O4. The minimum atomic E-state index is -0.568. The third-order valence-electron chi connectivity index (χ3n) is 5.85. The lowest BCUT2D eigenvalue weighted by molar-refractivity contribution is -0.123. The van der Waals surface area contributed by atoms with Crippen LogP contribution < -0.4 is 14.8 Å². The normalized spacial score (nSPS) is 17.4. The number of carbonyl (C=O) groups is 1. The van der Waals surface area contributed by atoms with Crippen LogP contribution in [-0.2, 0) is 11.8 Å². The van der Waals surface area contributed by atoms with E-state index in [1.807, 2.05) is 42.9 Å². The molecule has 2 atom stereocenters. The SMILES string of the molecule is COc1ccc(OC)c([C@H](C)NC(=O)CN2CCC([C@H](O)c3nccn3C)CC2)c1. The van der Waals surface area contributed by atoms with Crippen molar-refractivity contribution in [2.45, 2.75) is 31.9 Å². The molecule has 164 valence electrons. The molecule has 0 aliphatic carbocycles. The predicted molar refractivity (Wildman–Crippen MR) is 113 cm³/mol. The zero-order valence-corrected chi connectivity index (χ0v) is 18.2. The van der Waals surface area contributed by atoms with Gasteiger partial charge in [-0.3, -0.25) is 9.69 Å². The fraction of sp³-hybridized carbons (Fsp3) is 0.545. The number of aliphatic hydroxyl groups excluding tert-OH is 1. The Labute approximate surface area is 177 Å². The minimum Gasteiger partial charge on any atom is -0.497 e. The van der Waals surface area contributed by atoms with Crippen LogP contribution in [0.15, 0.2) is 30.6 Å². The molecule has 0 radical (unpaired) electrons. The number of rotatable bonds is 8. The number of methoxy groups -OCH3 is 2. The molecule has 2 N–H and O–H groups in total. The Morgan fingerprint density at radius 3 is 2.63 bits per heavy atom. The average Bonchev–Trinajstić information content (AvgIpc) is 3.18. The molecule has 1 fully saturated rings. The maximum atomic E-state index is 12.6. The number of likely N-dealkylation sites (tertiary alicyclic amines) is 1. The first-order valence-electron chi connectivity index (χ1n) is 10.3. The quantitative estimate of drug-likeness (QED) is 0.685. The fourth-order valence-corrected chi connectivity index (χ4v) is 4.05. The van der Waals surface area contributed by atoms with E-state index in [9.17, 15) is 9.90 Å². The molecule has 0 bridgehead atoms. The number of ether oxygens (including phenoxy) is 2. The lowest BCUT2D eigenvalue weighted by Crippen LogP contribution is -2.43. The molecule has 3 rings (SSSR count). The highest BCUT2D eigenvalue weighted by atomic mass is 16.5. The summed E-state index contributed by atoms with van der Waals surface area (Å²) in [4.78, 5) is 19.0. The van der Waals surface area contributed by atoms with Crippen LogP contribution in [0.3, 0.4) is 0 Å². The first-order valence-corrected chi connectivity index (χ1v) is 10.3. The van der Waals surface area contributed by atoms with E-state index in [0.717, 1.165) is 37.2 Å². The third-order valence-corrected chi connectivity index (χ3v) is 5.85. The average molecular weight is 417 g/mol. The maximum Gasteiger partial charge on any atom is 0.234 e. The van der Waals surface area contributed by atoms with Crippen LogP contribution in [-0.4, -0.2) is 59.3 Å². The maximum absolute atomic E-state index is 12.6. The molecule has 1 amide bonds. The van der Waals surface area contributed by atoms with Gasteiger partial charge in [-0.05, 0) is 57.0 Å². The van der Waals surface area contributed by atoms with Gasteiger partial charge in [-0.2, -0.15) is 0 Å². The number of hydrogen-bond acceptors (Lipinski definition) is 6. The highest BCUT2D eigenvalue weighted by molar-refractivity contribution is 5.78. The molecule has 30 heavy (non-hydrogen) atoms. The van der Waals surface area contributed by atoms with Gasteiger partial charge in [0.1, 0.15) is 23.4 Å². The highest BCUT2D eigenvalue weighted by Gasteiger charge is 2.29. The van der Waals surface area contributed by atoms with Crippen LogP contribution in [0.4, 0.5) is 0 Å². The van der Waals surface area contributed by atoms with E-state index in [1.165, 1.54) is 0 Å². The van der Waals surface area contributed by atoms with Crippen LogP contribution in [0.1, 0.15) is 43.3 Å². The second-order valence-electron chi connectivity index (χ2n) is 7.85. The monoisotopic (exact) mass is 416 g/mol. The molecule has 8 nitrogen and oxygen atoms in total. The minimum absolute atomic E-state index is 0.0320. The van der Waals surface area contributed by atoms with Crippen molar-refractivity contribution >= 4 is 5.91 Å². The number of aromatic nitrogens is 2. The highest BCUT2D eigenvalue weighted by Crippen LogP contribution is 2.30. The van der Waals surface area contributed by atoms with E-state index in [0.29, 0.717) is 18.1 Å². The predicted octanol–water partition coefficient (Wildman–Crippen LogP) is 2.06. The summed E-state index contributed by atoms with van der Waals surface area (Å²) in [5, 5.41) is 13.7. The van der Waals surface area contributed by atoms with Gasteiger partial charge in [0, 0.05) is 25.0 Å². The Bertz CT molecular complexity index is 845. The van der Waals surface area contributed by atoms with E-state index in [1.54, 1.807) is 20.4 Å². The number of piperidine rings is 1. The fourth-order valence-electron chi connectivity index (χ4n) is 4.05. The summed E-state index contributed by atoms with van der Waals surface area (Å²) >= 11 is 0. The number of imidazole rings is 1. The summed E-state index contributed by atoms with van der Waals surface area (Å²) in [6.07, 6.45) is 4.65. The molecule has 1 aromatic carbocycles. The molecule has 1 saturated heterocycles. The van der Waals surface area contributed by atoms with E-state index >= 15 is 0 Å². The van der Waals surface area contributed by atoms with Crippen molar-refractivity contribution in [3.05, 3.63) is 42.0 Å². The first-order chi connectivity index (χ1) is 14.4. The topological polar surface area (TPSA) is 88.8 Å².